The summed E-state index contributed by atoms with van der Waals surface area (Å²) in [5, 5.41) is 1.21. The van der Waals surface area contributed by atoms with E-state index in [9.17, 15) is 9.59 Å². The number of nitrogens with zero attached hydrogens (tertiary/aromatic N) is 4. The molecule has 6 nitrogen and oxygen atoms in total. The number of rotatable bonds is 4. The van der Waals surface area contributed by atoms with Gasteiger partial charge in [0.25, 0.3) is 11.8 Å². The van der Waals surface area contributed by atoms with E-state index in [0.29, 0.717) is 13.1 Å². The minimum atomic E-state index is -0.352. The lowest BCUT2D eigenvalue weighted by atomic mass is 10.1. The minimum Gasteiger partial charge on any atom is -0.328 e. The average molecular weight is 425 g/mol. The number of benzene rings is 1. The number of fused-ring (bicyclic) bond motifs is 1. The van der Waals surface area contributed by atoms with Crippen molar-refractivity contribution in [3.05, 3.63) is 47.7 Å². The molecule has 3 aromatic rings. The van der Waals surface area contributed by atoms with Crippen molar-refractivity contribution in [3.8, 4) is 10.6 Å². The van der Waals surface area contributed by atoms with Crippen LogP contribution in [-0.2, 0) is 16.6 Å². The molecule has 0 bridgehead atoms. The fourth-order valence-electron chi connectivity index (χ4n) is 3.39. The number of likely N-dealkylation sites (N-methyl/N-ethyl adjacent to an activating group) is 2. The Morgan fingerprint density at radius 1 is 1.07 bits per heavy atom. The maximum atomic E-state index is 12.8. The van der Waals surface area contributed by atoms with Gasteiger partial charge < -0.3 is 4.57 Å². The number of carbonyl (C=O) groups excluding carboxylic acids is 2. The highest BCUT2D eigenvalue weighted by Crippen LogP contribution is 2.32. The van der Waals surface area contributed by atoms with Crippen LogP contribution in [0.3, 0.4) is 0 Å². The molecule has 0 N–H and O–H groups in total. The standard InChI is InChI=1S/C21H20N4O2S2/c1-4-24-19(26)15(20(27)25(5-2)21(24)28)11-14-12-16-17(23(14)3)22-18(29-16)13-9-7-6-8-10-13/h6-12H,4-5H2,1-3H3. The van der Waals surface area contributed by atoms with Gasteiger partial charge in [0.2, 0.25) is 0 Å². The lowest BCUT2D eigenvalue weighted by Gasteiger charge is -2.35. The first-order valence-corrected chi connectivity index (χ1v) is 10.6. The van der Waals surface area contributed by atoms with Gasteiger partial charge in [0, 0.05) is 31.4 Å². The zero-order valence-corrected chi connectivity index (χ0v) is 18.0. The van der Waals surface area contributed by atoms with Crippen molar-refractivity contribution in [1.29, 1.82) is 0 Å². The third-order valence-corrected chi connectivity index (χ3v) is 6.46. The Balaban J connectivity index is 1.76. The van der Waals surface area contributed by atoms with Crippen molar-refractivity contribution in [2.24, 2.45) is 7.05 Å². The molecule has 0 saturated carbocycles. The van der Waals surface area contributed by atoms with Gasteiger partial charge in [-0.1, -0.05) is 30.3 Å². The van der Waals surface area contributed by atoms with Crippen LogP contribution < -0.4 is 0 Å². The van der Waals surface area contributed by atoms with Crippen LogP contribution in [-0.4, -0.2) is 49.4 Å². The molecule has 0 spiro atoms. The van der Waals surface area contributed by atoms with Gasteiger partial charge in [-0.25, -0.2) is 4.98 Å². The van der Waals surface area contributed by atoms with E-state index in [1.54, 1.807) is 17.4 Å². The lowest BCUT2D eigenvalue weighted by Crippen LogP contribution is -2.55. The van der Waals surface area contributed by atoms with Gasteiger partial charge in [0.05, 0.1) is 4.70 Å². The maximum absolute atomic E-state index is 12.8. The summed E-state index contributed by atoms with van der Waals surface area (Å²) in [5.41, 5.74) is 2.78. The number of thiocarbonyl (C=S) groups is 1. The third-order valence-electron chi connectivity index (χ3n) is 4.98. The highest BCUT2D eigenvalue weighted by Gasteiger charge is 2.38. The van der Waals surface area contributed by atoms with Crippen LogP contribution in [0.4, 0.5) is 0 Å². The third kappa shape index (κ3) is 3.18. The molecular formula is C21H20N4O2S2. The highest BCUT2D eigenvalue weighted by molar-refractivity contribution is 7.80. The van der Waals surface area contributed by atoms with Crippen LogP contribution in [0.15, 0.2) is 42.0 Å². The molecule has 8 heteroatoms. The summed E-state index contributed by atoms with van der Waals surface area (Å²) in [6.45, 7) is 4.53. The second-order valence-electron chi connectivity index (χ2n) is 6.64. The van der Waals surface area contributed by atoms with Gasteiger partial charge >= 0.3 is 0 Å². The minimum absolute atomic E-state index is 0.124. The van der Waals surface area contributed by atoms with E-state index in [1.807, 2.05) is 61.9 Å². The first kappa shape index (κ1) is 19.5. The summed E-state index contributed by atoms with van der Waals surface area (Å²) in [5.74, 6) is -0.704. The van der Waals surface area contributed by atoms with E-state index in [1.165, 1.54) is 9.80 Å². The van der Waals surface area contributed by atoms with Gasteiger partial charge in [-0.05, 0) is 38.2 Å². The van der Waals surface area contributed by atoms with E-state index in [2.05, 4.69) is 0 Å². The molecule has 0 radical (unpaired) electrons. The summed E-state index contributed by atoms with van der Waals surface area (Å²) in [7, 11) is 1.89. The molecule has 1 aromatic carbocycles. The Hall–Kier alpha value is -2.84. The van der Waals surface area contributed by atoms with Crippen molar-refractivity contribution in [3.63, 3.8) is 0 Å². The van der Waals surface area contributed by atoms with Gasteiger partial charge in [0.1, 0.15) is 10.6 Å². The van der Waals surface area contributed by atoms with Crippen LogP contribution in [0.25, 0.3) is 27.0 Å². The molecular weight excluding hydrogens is 404 g/mol. The Morgan fingerprint density at radius 3 is 2.24 bits per heavy atom. The molecule has 1 saturated heterocycles. The predicted molar refractivity (Wildman–Crippen MR) is 119 cm³/mol. The SMILES string of the molecule is CCN1C(=O)C(=Cc2cc3sc(-c4ccccc4)nc3n2C)C(=O)N(CC)C1=S. The molecule has 0 aliphatic carbocycles. The van der Waals surface area contributed by atoms with Gasteiger partial charge in [-0.15, -0.1) is 11.3 Å². The first-order valence-electron chi connectivity index (χ1n) is 9.37. The molecule has 1 aliphatic rings. The van der Waals surface area contributed by atoms with Crippen molar-refractivity contribution in [2.45, 2.75) is 13.8 Å². The number of hydrogen-bond acceptors (Lipinski definition) is 5. The van der Waals surface area contributed by atoms with Gasteiger partial charge in [-0.2, -0.15) is 0 Å². The van der Waals surface area contributed by atoms with Crippen LogP contribution >= 0.6 is 23.6 Å². The fourth-order valence-corrected chi connectivity index (χ4v) is 4.86. The van der Waals surface area contributed by atoms with E-state index < -0.39 is 0 Å². The van der Waals surface area contributed by atoms with Crippen molar-refractivity contribution < 1.29 is 9.59 Å². The summed E-state index contributed by atoms with van der Waals surface area (Å²) in [6, 6.07) is 12.0. The average Bonchev–Trinajstić information content (AvgIpc) is 3.26. The Kier molecular flexibility index (Phi) is 5.06. The van der Waals surface area contributed by atoms with Crippen LogP contribution in [0.2, 0.25) is 0 Å². The Labute approximate surface area is 178 Å². The number of aromatic nitrogens is 2. The highest BCUT2D eigenvalue weighted by atomic mass is 32.1. The molecule has 148 valence electrons. The topological polar surface area (TPSA) is 58.4 Å². The summed E-state index contributed by atoms with van der Waals surface area (Å²) >= 11 is 6.90. The van der Waals surface area contributed by atoms with Crippen LogP contribution in [0.1, 0.15) is 19.5 Å². The summed E-state index contributed by atoms with van der Waals surface area (Å²) < 4.78 is 2.91. The monoisotopic (exact) mass is 424 g/mol. The molecule has 4 rings (SSSR count). The van der Waals surface area contributed by atoms with Gasteiger partial charge in [0.15, 0.2) is 10.8 Å². The Morgan fingerprint density at radius 2 is 1.69 bits per heavy atom. The largest absolute Gasteiger partial charge is 0.328 e. The molecule has 0 atom stereocenters. The fraction of sp³-hybridized carbons (Fsp3) is 0.238. The normalized spacial score (nSPS) is 15.0. The van der Waals surface area contributed by atoms with Crippen LogP contribution in [0, 0.1) is 0 Å². The van der Waals surface area contributed by atoms with E-state index >= 15 is 0 Å². The van der Waals surface area contributed by atoms with E-state index in [4.69, 9.17) is 17.2 Å². The number of carbonyl (C=O) groups is 2. The smallest absolute Gasteiger partial charge is 0.265 e. The predicted octanol–water partition coefficient (Wildman–Crippen LogP) is 3.68. The number of aryl methyl sites for hydroxylation is 1. The molecule has 1 fully saturated rings. The number of amides is 2. The molecule has 1 aliphatic heterocycles. The molecule has 29 heavy (non-hydrogen) atoms. The van der Waals surface area contributed by atoms with E-state index in [0.717, 1.165) is 26.6 Å². The van der Waals surface area contributed by atoms with Crippen molar-refractivity contribution in [1.82, 2.24) is 19.4 Å². The van der Waals surface area contributed by atoms with E-state index in [-0.39, 0.29) is 22.5 Å². The number of hydrogen-bond donors (Lipinski definition) is 0. The molecule has 0 unspecified atom stereocenters. The quantitative estimate of drug-likeness (QED) is 0.364. The molecule has 2 aromatic heterocycles. The summed E-state index contributed by atoms with van der Waals surface area (Å²) in [4.78, 5) is 33.4. The lowest BCUT2D eigenvalue weighted by molar-refractivity contribution is -0.133. The summed E-state index contributed by atoms with van der Waals surface area (Å²) in [6.07, 6.45) is 1.65. The zero-order chi connectivity index (χ0) is 20.7. The first-order chi connectivity index (χ1) is 14.0. The number of thiazole rings is 1. The second kappa shape index (κ2) is 7.53. The van der Waals surface area contributed by atoms with Crippen molar-refractivity contribution in [2.75, 3.05) is 13.1 Å². The maximum Gasteiger partial charge on any atom is 0.265 e. The molecule has 3 heterocycles. The zero-order valence-electron chi connectivity index (χ0n) is 16.4. The Bertz CT molecular complexity index is 1130. The van der Waals surface area contributed by atoms with Crippen molar-refractivity contribution >= 4 is 56.9 Å². The molecule has 2 amide bonds. The van der Waals surface area contributed by atoms with Gasteiger partial charge in [-0.3, -0.25) is 19.4 Å². The van der Waals surface area contributed by atoms with Crippen LogP contribution in [0.5, 0.6) is 0 Å². The second-order valence-corrected chi connectivity index (χ2v) is 8.04.